The Morgan fingerprint density at radius 3 is 1.50 bits per heavy atom. The summed E-state index contributed by atoms with van der Waals surface area (Å²) in [4.78, 5) is 0. The summed E-state index contributed by atoms with van der Waals surface area (Å²) in [7, 11) is 0. The topological polar surface area (TPSA) is 18.5 Å². The molecule has 2 unspecified atom stereocenters. The Morgan fingerprint density at radius 1 is 0.679 bits per heavy atom. The molecule has 28 heavy (non-hydrogen) atoms. The zero-order chi connectivity index (χ0) is 20.8. The first-order valence-electron chi connectivity index (χ1n) is 11.2. The third-order valence-electron chi connectivity index (χ3n) is 5.29. The predicted molar refractivity (Wildman–Crippen MR) is 123 cm³/mol. The quantitative estimate of drug-likeness (QED) is 0.319. The van der Waals surface area contributed by atoms with Gasteiger partial charge < -0.3 is 9.47 Å². The minimum Gasteiger partial charge on any atom is -0.374 e. The fourth-order valence-corrected chi connectivity index (χ4v) is 3.44. The Labute approximate surface area is 174 Å². The van der Waals surface area contributed by atoms with Gasteiger partial charge in [0.05, 0.1) is 25.4 Å². The molecule has 0 aliphatic heterocycles. The molecule has 0 aromatic carbocycles. The molecular weight excluding hydrogens is 344 g/mol. The average Bonchev–Trinajstić information content (AvgIpc) is 2.61. The molecule has 0 spiro atoms. The molecule has 2 nitrogen and oxygen atoms in total. The van der Waals surface area contributed by atoms with E-state index in [1.54, 1.807) is 0 Å². The van der Waals surface area contributed by atoms with Crippen molar-refractivity contribution in [1.82, 2.24) is 0 Å². The predicted octanol–water partition coefficient (Wildman–Crippen LogP) is 7.72. The smallest absolute Gasteiger partial charge is 0.0653 e. The van der Waals surface area contributed by atoms with Crippen LogP contribution in [0, 0.1) is 0 Å². The van der Waals surface area contributed by atoms with Crippen LogP contribution in [0.3, 0.4) is 0 Å². The van der Waals surface area contributed by atoms with E-state index in [2.05, 4.69) is 65.8 Å². The van der Waals surface area contributed by atoms with Gasteiger partial charge in [-0.05, 0) is 92.9 Å². The molecule has 2 heteroatoms. The molecule has 2 atom stereocenters. The highest BCUT2D eigenvalue weighted by Crippen LogP contribution is 2.24. The lowest BCUT2D eigenvalue weighted by atomic mass is 9.95. The number of hydrogen-bond acceptors (Lipinski definition) is 2. The van der Waals surface area contributed by atoms with Crippen LogP contribution in [0.4, 0.5) is 0 Å². The molecule has 0 heterocycles. The van der Waals surface area contributed by atoms with Crippen molar-refractivity contribution in [3.05, 3.63) is 46.6 Å². The van der Waals surface area contributed by atoms with Gasteiger partial charge in [0.15, 0.2) is 0 Å². The third kappa shape index (κ3) is 13.1. The molecule has 0 N–H and O–H groups in total. The van der Waals surface area contributed by atoms with E-state index >= 15 is 0 Å². The lowest BCUT2D eigenvalue weighted by molar-refractivity contribution is -0.0302. The Morgan fingerprint density at radius 2 is 1.11 bits per heavy atom. The molecule has 1 saturated carbocycles. The van der Waals surface area contributed by atoms with E-state index in [0.29, 0.717) is 12.2 Å². The van der Waals surface area contributed by atoms with E-state index in [1.807, 2.05) is 0 Å². The molecule has 1 aliphatic carbocycles. The summed E-state index contributed by atoms with van der Waals surface area (Å²) in [5.74, 6) is 0. The Balaban J connectivity index is 2.25. The molecule has 0 aromatic rings. The maximum absolute atomic E-state index is 6.12. The van der Waals surface area contributed by atoms with Crippen molar-refractivity contribution in [2.24, 2.45) is 0 Å². The van der Waals surface area contributed by atoms with Gasteiger partial charge in [0.2, 0.25) is 0 Å². The molecular formula is C26H44O2. The molecule has 0 saturated heterocycles. The van der Waals surface area contributed by atoms with E-state index < -0.39 is 0 Å². The molecule has 0 amide bonds. The van der Waals surface area contributed by atoms with E-state index in [9.17, 15) is 0 Å². The van der Waals surface area contributed by atoms with Crippen LogP contribution >= 0.6 is 0 Å². The van der Waals surface area contributed by atoms with Crippen molar-refractivity contribution in [2.45, 2.75) is 105 Å². The van der Waals surface area contributed by atoms with Crippen molar-refractivity contribution in [1.29, 1.82) is 0 Å². The molecule has 0 radical (unpaired) electrons. The van der Waals surface area contributed by atoms with Crippen molar-refractivity contribution in [3.63, 3.8) is 0 Å². The summed E-state index contributed by atoms with van der Waals surface area (Å²) in [6.45, 7) is 14.5. The van der Waals surface area contributed by atoms with Crippen LogP contribution in [-0.2, 0) is 9.47 Å². The van der Waals surface area contributed by atoms with Gasteiger partial charge in [-0.15, -0.1) is 0 Å². The summed E-state index contributed by atoms with van der Waals surface area (Å²) in [6.07, 6.45) is 18.9. The van der Waals surface area contributed by atoms with Crippen LogP contribution in [0.25, 0.3) is 0 Å². The lowest BCUT2D eigenvalue weighted by Crippen LogP contribution is -2.28. The fraction of sp³-hybridized carbons (Fsp3) is 0.692. The summed E-state index contributed by atoms with van der Waals surface area (Å²) in [5.41, 5.74) is 5.65. The highest BCUT2D eigenvalue weighted by atomic mass is 16.5. The van der Waals surface area contributed by atoms with E-state index in [4.69, 9.17) is 9.47 Å². The first-order valence-corrected chi connectivity index (χ1v) is 11.2. The van der Waals surface area contributed by atoms with Crippen molar-refractivity contribution >= 4 is 0 Å². The van der Waals surface area contributed by atoms with Crippen molar-refractivity contribution < 1.29 is 9.47 Å². The van der Waals surface area contributed by atoms with Crippen LogP contribution in [0.2, 0.25) is 0 Å². The highest BCUT2D eigenvalue weighted by molar-refractivity contribution is 5.03. The van der Waals surface area contributed by atoms with Gasteiger partial charge in [-0.2, -0.15) is 0 Å². The lowest BCUT2D eigenvalue weighted by Gasteiger charge is -2.28. The monoisotopic (exact) mass is 388 g/mol. The van der Waals surface area contributed by atoms with E-state index in [1.165, 1.54) is 41.6 Å². The van der Waals surface area contributed by atoms with Crippen LogP contribution in [0.5, 0.6) is 0 Å². The summed E-state index contributed by atoms with van der Waals surface area (Å²) < 4.78 is 12.2. The van der Waals surface area contributed by atoms with Crippen LogP contribution in [0.1, 0.15) is 92.9 Å². The molecule has 1 fully saturated rings. The second-order valence-electron chi connectivity index (χ2n) is 8.82. The minimum atomic E-state index is 0.350. The number of ether oxygens (including phenoxy) is 2. The fourth-order valence-electron chi connectivity index (χ4n) is 3.44. The highest BCUT2D eigenvalue weighted by Gasteiger charge is 2.22. The average molecular weight is 389 g/mol. The Hall–Kier alpha value is -1.12. The zero-order valence-electron chi connectivity index (χ0n) is 19.4. The van der Waals surface area contributed by atoms with Gasteiger partial charge in [0, 0.05) is 0 Å². The number of rotatable bonds is 12. The minimum absolute atomic E-state index is 0.350. The van der Waals surface area contributed by atoms with Gasteiger partial charge in [0.1, 0.15) is 0 Å². The zero-order valence-corrected chi connectivity index (χ0v) is 19.4. The maximum Gasteiger partial charge on any atom is 0.0653 e. The van der Waals surface area contributed by atoms with E-state index in [-0.39, 0.29) is 0 Å². The maximum atomic E-state index is 6.12. The van der Waals surface area contributed by atoms with Gasteiger partial charge in [-0.3, -0.25) is 0 Å². The van der Waals surface area contributed by atoms with Gasteiger partial charge in [-0.1, -0.05) is 46.6 Å². The molecule has 160 valence electrons. The molecule has 1 rings (SSSR count). The van der Waals surface area contributed by atoms with E-state index in [0.717, 1.165) is 45.3 Å². The second kappa shape index (κ2) is 14.8. The Kier molecular flexibility index (Phi) is 13.2. The second-order valence-corrected chi connectivity index (χ2v) is 8.82. The summed E-state index contributed by atoms with van der Waals surface area (Å²) in [6, 6.07) is 0. The van der Waals surface area contributed by atoms with Crippen molar-refractivity contribution in [2.75, 3.05) is 13.2 Å². The summed E-state index contributed by atoms with van der Waals surface area (Å²) >= 11 is 0. The first-order chi connectivity index (χ1) is 13.4. The first kappa shape index (κ1) is 24.9. The van der Waals surface area contributed by atoms with Crippen LogP contribution in [0.15, 0.2) is 46.6 Å². The Bertz CT molecular complexity index is 495. The third-order valence-corrected chi connectivity index (χ3v) is 5.29. The normalized spacial score (nSPS) is 20.8. The van der Waals surface area contributed by atoms with Gasteiger partial charge in [-0.25, -0.2) is 0 Å². The standard InChI is InChI=1S/C26H44O2/c1-21(2)10-7-12-23(5)16-18-27-25-14-9-15-26(20-25)28-19-17-24(6)13-8-11-22(3)4/h10-11,16-17,25-26H,7-9,12-15,18-20H2,1-6H3. The summed E-state index contributed by atoms with van der Waals surface area (Å²) in [5, 5.41) is 0. The molecule has 0 bridgehead atoms. The number of allylic oxidation sites excluding steroid dienone is 6. The SMILES string of the molecule is CC(C)=CCCC(C)=CCOC1CCCC(OCC=C(C)CCC=C(C)C)C1. The van der Waals surface area contributed by atoms with Crippen molar-refractivity contribution in [3.8, 4) is 0 Å². The molecule has 1 aliphatic rings. The van der Waals surface area contributed by atoms with Crippen LogP contribution in [-0.4, -0.2) is 25.4 Å². The largest absolute Gasteiger partial charge is 0.374 e. The van der Waals surface area contributed by atoms with Gasteiger partial charge in [0.25, 0.3) is 0 Å². The number of hydrogen-bond donors (Lipinski definition) is 0. The van der Waals surface area contributed by atoms with Crippen LogP contribution < -0.4 is 0 Å². The van der Waals surface area contributed by atoms with Gasteiger partial charge >= 0.3 is 0 Å². The molecule has 0 aromatic heterocycles.